The highest BCUT2D eigenvalue weighted by molar-refractivity contribution is 14.1. The predicted molar refractivity (Wildman–Crippen MR) is 323 cm³/mol. The lowest BCUT2D eigenvalue weighted by atomic mass is 9.78. The standard InChI is InChI=1S/C26H33BrFN3O3.C24H39BFNO5.C8H6BrIN2/c1-26(2,3)34-25(32)30(4)14-8-6-7-9-15-33-19-11-13-20(22(28)17-19)24-21-12-10-18(27)16-23(21)29-31(24)5;1-22(2,3)30-21(28)27(8)15-11-9-10-12-16-29-18-13-14-19(20(26)17-18)25-31-23(4,5)24(6,7)32-25;1-12-8(10)6-3-2-5(9)4-7(6)11-12/h10-13,16-17H,6-9,14-15H2,1-5H3;13-14,17H,9-12,15-16H2,1-8H3;2-4H,1H3. The number of aromatic nitrogens is 4. The van der Waals surface area contributed by atoms with Gasteiger partial charge < -0.3 is 38.1 Å². The Morgan fingerprint density at radius 3 is 1.54 bits per heavy atom. The molecule has 2 aromatic heterocycles. The molecule has 0 radical (unpaired) electrons. The number of fused-ring (bicyclic) bond motifs is 2. The zero-order valence-corrected chi connectivity index (χ0v) is 53.2. The summed E-state index contributed by atoms with van der Waals surface area (Å²) >= 11 is 9.16. The van der Waals surface area contributed by atoms with Gasteiger partial charge in [0, 0.05) is 84.2 Å². The van der Waals surface area contributed by atoms with E-state index in [-0.39, 0.29) is 18.0 Å². The van der Waals surface area contributed by atoms with Crippen molar-refractivity contribution in [3.63, 3.8) is 0 Å². The third-order valence-corrected chi connectivity index (χ3v) is 15.2. The highest BCUT2D eigenvalue weighted by atomic mass is 127. The normalized spacial score (nSPS) is 13.9. The number of rotatable bonds is 18. The highest BCUT2D eigenvalue weighted by Gasteiger charge is 2.52. The Labute approximate surface area is 491 Å². The van der Waals surface area contributed by atoms with E-state index < -0.39 is 35.3 Å². The zero-order valence-electron chi connectivity index (χ0n) is 47.8. The van der Waals surface area contributed by atoms with Gasteiger partial charge in [0.2, 0.25) is 0 Å². The van der Waals surface area contributed by atoms with Crippen LogP contribution in [0.4, 0.5) is 18.4 Å². The molecule has 0 bridgehead atoms. The minimum atomic E-state index is -0.729. The van der Waals surface area contributed by atoms with Crippen molar-refractivity contribution in [3.8, 4) is 22.8 Å². The fourth-order valence-electron chi connectivity index (χ4n) is 8.02. The van der Waals surface area contributed by atoms with Crippen LogP contribution in [-0.4, -0.2) is 111 Å². The van der Waals surface area contributed by atoms with Crippen molar-refractivity contribution in [2.24, 2.45) is 14.1 Å². The molecule has 3 heterocycles. The summed E-state index contributed by atoms with van der Waals surface area (Å²) in [5, 5.41) is 11.0. The summed E-state index contributed by atoms with van der Waals surface area (Å²) in [6.45, 7) is 21.3. The van der Waals surface area contributed by atoms with Crippen LogP contribution in [0, 0.1) is 15.3 Å². The Morgan fingerprint density at radius 2 is 1.06 bits per heavy atom. The van der Waals surface area contributed by atoms with E-state index in [0.29, 0.717) is 48.8 Å². The highest BCUT2D eigenvalue weighted by Crippen LogP contribution is 2.37. The second-order valence-electron chi connectivity index (χ2n) is 22.5. The number of hydrogen-bond donors (Lipinski definition) is 0. The Hall–Kier alpha value is -4.51. The molecule has 0 atom stereocenters. The summed E-state index contributed by atoms with van der Waals surface area (Å²) in [6, 6.07) is 21.7. The van der Waals surface area contributed by atoms with Crippen LogP contribution in [0.15, 0.2) is 81.7 Å². The Balaban J connectivity index is 0.000000237. The predicted octanol–water partition coefficient (Wildman–Crippen LogP) is 14.8. The number of amides is 2. The number of benzene rings is 4. The zero-order chi connectivity index (χ0) is 57.8. The van der Waals surface area contributed by atoms with Gasteiger partial charge >= 0.3 is 19.3 Å². The topological polar surface area (TPSA) is 132 Å². The van der Waals surface area contributed by atoms with E-state index in [9.17, 15) is 18.4 Å². The Kier molecular flexibility index (Phi) is 23.3. The lowest BCUT2D eigenvalue weighted by molar-refractivity contribution is 0.00578. The van der Waals surface area contributed by atoms with Crippen molar-refractivity contribution in [2.75, 3.05) is 40.4 Å². The van der Waals surface area contributed by atoms with Crippen molar-refractivity contribution >= 4 is 101 Å². The van der Waals surface area contributed by atoms with Gasteiger partial charge in [-0.25, -0.2) is 18.4 Å². The molecule has 0 N–H and O–H groups in total. The van der Waals surface area contributed by atoms with E-state index >= 15 is 0 Å². The molecule has 0 aliphatic carbocycles. The second-order valence-corrected chi connectivity index (χ2v) is 25.3. The molecule has 6 aromatic rings. The number of ether oxygens (including phenoxy) is 4. The molecule has 7 rings (SSSR count). The van der Waals surface area contributed by atoms with Gasteiger partial charge in [0.25, 0.3) is 0 Å². The van der Waals surface area contributed by atoms with Crippen molar-refractivity contribution in [1.82, 2.24) is 29.4 Å². The lowest BCUT2D eigenvalue weighted by Gasteiger charge is -2.32. The van der Waals surface area contributed by atoms with Crippen LogP contribution in [0.1, 0.15) is 121 Å². The van der Waals surface area contributed by atoms with Gasteiger partial charge in [0.15, 0.2) is 0 Å². The smallest absolute Gasteiger partial charge is 0.493 e. The summed E-state index contributed by atoms with van der Waals surface area (Å²) in [6.07, 6.45) is 6.81. The SMILES string of the molecule is CN(CCCCCCOc1ccc(-c2c3ccc(Br)cc3nn2C)c(F)c1)C(=O)OC(C)(C)C.CN(CCCCCCOc1ccc(B2OC(C)(C)C(C)(C)O2)c(F)c1)C(=O)OC(C)(C)C.Cn1nc2cc(Br)ccc2c1I. The number of unbranched alkanes of at least 4 members (excludes halogenated alkanes) is 6. The van der Waals surface area contributed by atoms with Gasteiger partial charge in [-0.3, -0.25) is 9.36 Å². The number of carbonyl (C=O) groups excluding carboxylic acids is 2. The molecular weight excluding hydrogens is 1240 g/mol. The number of hydrogen-bond acceptors (Lipinski definition) is 10. The molecular formula is C58H78BBr2F2IN6O8. The Bertz CT molecular complexity index is 2950. The van der Waals surface area contributed by atoms with Crippen LogP contribution in [0.5, 0.6) is 11.5 Å². The maximum atomic E-state index is 14.9. The minimum absolute atomic E-state index is 0.298. The molecule has 20 heteroatoms. The molecule has 14 nitrogen and oxygen atoms in total. The van der Waals surface area contributed by atoms with Crippen LogP contribution in [0.3, 0.4) is 0 Å². The summed E-state index contributed by atoms with van der Waals surface area (Å²) in [5.74, 6) is 0.272. The first-order valence-electron chi connectivity index (χ1n) is 26.4. The van der Waals surface area contributed by atoms with E-state index in [1.54, 1.807) is 52.8 Å². The van der Waals surface area contributed by atoms with Crippen LogP contribution in [-0.2, 0) is 32.9 Å². The van der Waals surface area contributed by atoms with E-state index in [1.807, 2.05) is 118 Å². The van der Waals surface area contributed by atoms with Crippen LogP contribution >= 0.6 is 54.5 Å². The summed E-state index contributed by atoms with van der Waals surface area (Å²) in [7, 11) is 6.54. The van der Waals surface area contributed by atoms with Crippen LogP contribution in [0.2, 0.25) is 0 Å². The monoisotopic (exact) mass is 1320 g/mol. The van der Waals surface area contributed by atoms with E-state index in [4.69, 9.17) is 28.3 Å². The van der Waals surface area contributed by atoms with Crippen LogP contribution < -0.4 is 14.9 Å². The third kappa shape index (κ3) is 19.1. The maximum Gasteiger partial charge on any atom is 0.497 e. The van der Waals surface area contributed by atoms with Crippen molar-refractivity contribution < 1.29 is 46.6 Å². The molecule has 1 aliphatic rings. The van der Waals surface area contributed by atoms with E-state index in [0.717, 1.165) is 82.4 Å². The first-order valence-corrected chi connectivity index (χ1v) is 29.1. The molecule has 4 aromatic carbocycles. The molecule has 1 fully saturated rings. The Morgan fingerprint density at radius 1 is 0.628 bits per heavy atom. The first-order chi connectivity index (χ1) is 36.4. The van der Waals surface area contributed by atoms with E-state index in [2.05, 4.69) is 70.7 Å². The molecule has 0 spiro atoms. The van der Waals surface area contributed by atoms with Gasteiger partial charge in [0.1, 0.15) is 38.0 Å². The molecule has 1 saturated heterocycles. The molecule has 2 amide bonds. The quantitative estimate of drug-likeness (QED) is 0.0465. The number of halogens is 5. The molecule has 426 valence electrons. The largest absolute Gasteiger partial charge is 0.497 e. The first kappa shape index (κ1) is 64.3. The van der Waals surface area contributed by atoms with Gasteiger partial charge in [0.05, 0.1) is 41.1 Å². The van der Waals surface area contributed by atoms with Gasteiger partial charge in [-0.1, -0.05) is 63.6 Å². The lowest BCUT2D eigenvalue weighted by Crippen LogP contribution is -2.41. The molecule has 78 heavy (non-hydrogen) atoms. The fraction of sp³-hybridized carbons (Fsp3) is 0.517. The van der Waals surface area contributed by atoms with Crippen molar-refractivity contribution in [1.29, 1.82) is 0 Å². The van der Waals surface area contributed by atoms with E-state index in [1.165, 1.54) is 21.2 Å². The van der Waals surface area contributed by atoms with Crippen molar-refractivity contribution in [3.05, 3.63) is 97.1 Å². The molecule has 0 saturated carbocycles. The van der Waals surface area contributed by atoms with Crippen LogP contribution in [0.25, 0.3) is 33.1 Å². The van der Waals surface area contributed by atoms with Crippen molar-refractivity contribution in [2.45, 2.75) is 143 Å². The molecule has 1 aliphatic heterocycles. The number of nitrogens with zero attached hydrogens (tertiary/aromatic N) is 6. The second kappa shape index (κ2) is 28.3. The fourth-order valence-corrected chi connectivity index (χ4v) is 9.28. The number of aryl methyl sites for hydroxylation is 2. The van der Waals surface area contributed by atoms with Gasteiger partial charge in [-0.15, -0.1) is 0 Å². The summed E-state index contributed by atoms with van der Waals surface area (Å²) in [4.78, 5) is 27.1. The maximum absolute atomic E-state index is 14.9. The average Bonchev–Trinajstić information content (AvgIpc) is 3.90. The molecule has 0 unspecified atom stereocenters. The minimum Gasteiger partial charge on any atom is -0.493 e. The number of carbonyl (C=O) groups is 2. The summed E-state index contributed by atoms with van der Waals surface area (Å²) < 4.78 is 70.4. The van der Waals surface area contributed by atoms with Gasteiger partial charge in [-0.05, 0) is 172 Å². The third-order valence-electron chi connectivity index (χ3n) is 12.9. The average molecular weight is 1320 g/mol. The van der Waals surface area contributed by atoms with Gasteiger partial charge in [-0.2, -0.15) is 10.2 Å². The summed E-state index contributed by atoms with van der Waals surface area (Å²) in [5.41, 5.74) is 1.47.